The van der Waals surface area contributed by atoms with Gasteiger partial charge in [0.2, 0.25) is 21.7 Å². The van der Waals surface area contributed by atoms with Crippen molar-refractivity contribution in [2.75, 3.05) is 0 Å². The third kappa shape index (κ3) is 6.00. The van der Waals surface area contributed by atoms with Gasteiger partial charge in [-0.15, -0.1) is 0 Å². The molecule has 4 rings (SSSR count). The van der Waals surface area contributed by atoms with Crippen molar-refractivity contribution in [2.24, 2.45) is 0 Å². The van der Waals surface area contributed by atoms with Crippen molar-refractivity contribution < 1.29 is 27.2 Å². The number of nitrogens with one attached hydrogen (secondary N) is 1. The normalized spacial score (nSPS) is 15.7. The Morgan fingerprint density at radius 1 is 1.17 bits per heavy atom. The first-order chi connectivity index (χ1) is 16.6. The maximum atomic E-state index is 14.9. The van der Waals surface area contributed by atoms with Crippen LogP contribution in [0.15, 0.2) is 45.8 Å². The summed E-state index contributed by atoms with van der Waals surface area (Å²) in [7, 11) is -4.32. The van der Waals surface area contributed by atoms with Crippen molar-refractivity contribution >= 4 is 39.2 Å². The Balaban J connectivity index is 1.52. The molecule has 0 radical (unpaired) electrons. The topological polar surface area (TPSA) is 122 Å². The van der Waals surface area contributed by atoms with Crippen LogP contribution in [0, 0.1) is 5.82 Å². The van der Waals surface area contributed by atoms with Crippen LogP contribution in [-0.4, -0.2) is 35.7 Å². The highest BCUT2D eigenvalue weighted by atomic mass is 35.5. The van der Waals surface area contributed by atoms with E-state index in [1.165, 1.54) is 30.7 Å². The first kappa shape index (κ1) is 25.6. The lowest BCUT2D eigenvalue weighted by Crippen LogP contribution is -2.42. The number of aliphatic carboxylic acids is 1. The summed E-state index contributed by atoms with van der Waals surface area (Å²) in [5.74, 6) is -1.34. The fraction of sp³-hybridized carbons (Fsp3) is 0.348. The highest BCUT2D eigenvalue weighted by Gasteiger charge is 2.28. The van der Waals surface area contributed by atoms with E-state index in [0.29, 0.717) is 5.89 Å². The molecule has 1 saturated carbocycles. The van der Waals surface area contributed by atoms with E-state index < -0.39 is 27.9 Å². The largest absolute Gasteiger partial charge is 0.480 e. The van der Waals surface area contributed by atoms with E-state index >= 15 is 0 Å². The zero-order chi connectivity index (χ0) is 25.2. The molecule has 1 unspecified atom stereocenters. The van der Waals surface area contributed by atoms with E-state index in [1.54, 1.807) is 0 Å². The van der Waals surface area contributed by atoms with Crippen LogP contribution >= 0.6 is 23.2 Å². The molecule has 0 spiro atoms. The van der Waals surface area contributed by atoms with Gasteiger partial charge in [0.05, 0.1) is 10.6 Å². The second-order valence-electron chi connectivity index (χ2n) is 8.40. The van der Waals surface area contributed by atoms with E-state index in [4.69, 9.17) is 27.7 Å². The molecule has 1 aliphatic carbocycles. The Morgan fingerprint density at radius 3 is 2.60 bits per heavy atom. The minimum atomic E-state index is -4.32. The van der Waals surface area contributed by atoms with Crippen molar-refractivity contribution in [1.29, 1.82) is 0 Å². The Bertz CT molecular complexity index is 1340. The fourth-order valence-corrected chi connectivity index (χ4v) is 6.03. The average Bonchev–Trinajstić information content (AvgIpc) is 3.30. The summed E-state index contributed by atoms with van der Waals surface area (Å²) in [5.41, 5.74) is 0.368. The fourth-order valence-electron chi connectivity index (χ4n) is 4.08. The Hall–Kier alpha value is -2.53. The Labute approximate surface area is 211 Å². The molecule has 8 nitrogen and oxygen atoms in total. The molecule has 3 aromatic rings. The first-order valence-electron chi connectivity index (χ1n) is 11.0. The molecule has 0 bridgehead atoms. The second-order valence-corrected chi connectivity index (χ2v) is 10.9. The number of benzene rings is 2. The molecule has 1 aliphatic rings. The summed E-state index contributed by atoms with van der Waals surface area (Å²) in [6.07, 6.45) is 4.94. The zero-order valence-corrected chi connectivity index (χ0v) is 20.7. The first-order valence-corrected chi connectivity index (χ1v) is 13.2. The van der Waals surface area contributed by atoms with Crippen LogP contribution in [0.2, 0.25) is 10.0 Å². The number of carbonyl (C=O) groups is 1. The van der Waals surface area contributed by atoms with E-state index in [1.807, 2.05) is 0 Å². The van der Waals surface area contributed by atoms with E-state index in [9.17, 15) is 22.7 Å². The summed E-state index contributed by atoms with van der Waals surface area (Å²) in [6, 6.07) is 6.27. The van der Waals surface area contributed by atoms with Crippen LogP contribution in [0.25, 0.3) is 11.4 Å². The number of nitrogens with zero attached hydrogens (tertiary/aromatic N) is 2. The van der Waals surface area contributed by atoms with Crippen LogP contribution < -0.4 is 4.72 Å². The predicted octanol–water partition coefficient (Wildman–Crippen LogP) is 5.20. The van der Waals surface area contributed by atoms with Gasteiger partial charge >= 0.3 is 5.97 Å². The number of aromatic nitrogens is 2. The van der Waals surface area contributed by atoms with Crippen molar-refractivity contribution in [3.8, 4) is 11.4 Å². The van der Waals surface area contributed by atoms with Gasteiger partial charge in [0.15, 0.2) is 0 Å². The van der Waals surface area contributed by atoms with E-state index in [2.05, 4.69) is 14.9 Å². The quantitative estimate of drug-likeness (QED) is 0.401. The average molecular weight is 542 g/mol. The number of rotatable bonds is 8. The lowest BCUT2D eigenvalue weighted by Gasteiger charge is -2.17. The predicted molar refractivity (Wildman–Crippen MR) is 127 cm³/mol. The highest BCUT2D eigenvalue weighted by Crippen LogP contribution is 2.33. The lowest BCUT2D eigenvalue weighted by atomic mass is 9.89. The van der Waals surface area contributed by atoms with Crippen LogP contribution in [0.4, 0.5) is 4.39 Å². The van der Waals surface area contributed by atoms with Gasteiger partial charge < -0.3 is 9.63 Å². The molecule has 12 heteroatoms. The SMILES string of the molecule is O=C(O)C(Cc1ccc(-c2noc(C3CCCCC3)n2)c(F)c1)NS(=O)(=O)c1cc(Cl)ccc1Cl. The van der Waals surface area contributed by atoms with Gasteiger partial charge in [0, 0.05) is 10.9 Å². The minimum absolute atomic E-state index is 0.109. The van der Waals surface area contributed by atoms with Crippen LogP contribution in [0.1, 0.15) is 49.5 Å². The monoisotopic (exact) mass is 541 g/mol. The van der Waals surface area contributed by atoms with E-state index in [0.717, 1.165) is 37.8 Å². The summed E-state index contributed by atoms with van der Waals surface area (Å²) < 4.78 is 47.8. The minimum Gasteiger partial charge on any atom is -0.480 e. The summed E-state index contributed by atoms with van der Waals surface area (Å²) in [4.78, 5) is 15.8. The molecule has 1 heterocycles. The molecule has 0 saturated heterocycles. The standard InChI is InChI=1S/C23H22Cl2FN3O5S/c24-15-7-9-17(25)20(12-15)35(32,33)29-19(23(30)31)11-13-6-8-16(18(26)10-13)21-27-22(34-28-21)14-4-2-1-3-5-14/h6-10,12,14,19,29H,1-5,11H2,(H,30,31). The molecule has 2 N–H and O–H groups in total. The summed E-state index contributed by atoms with van der Waals surface area (Å²) >= 11 is 11.8. The molecule has 0 aliphatic heterocycles. The van der Waals surface area contributed by atoms with Gasteiger partial charge in [-0.2, -0.15) is 9.71 Å². The van der Waals surface area contributed by atoms with Crippen LogP contribution in [-0.2, 0) is 21.2 Å². The van der Waals surface area contributed by atoms with Crippen molar-refractivity contribution in [1.82, 2.24) is 14.9 Å². The molecule has 2 aromatic carbocycles. The molecule has 1 atom stereocenters. The molecular formula is C23H22Cl2FN3O5S. The van der Waals surface area contributed by atoms with Crippen LogP contribution in [0.5, 0.6) is 0 Å². The van der Waals surface area contributed by atoms with Crippen molar-refractivity contribution in [3.05, 3.63) is 63.7 Å². The van der Waals surface area contributed by atoms with Gasteiger partial charge in [0.25, 0.3) is 0 Å². The molecule has 1 aromatic heterocycles. The Morgan fingerprint density at radius 2 is 1.91 bits per heavy atom. The van der Waals surface area contributed by atoms with Gasteiger partial charge in [-0.05, 0) is 55.2 Å². The van der Waals surface area contributed by atoms with Crippen molar-refractivity contribution in [2.45, 2.75) is 55.4 Å². The van der Waals surface area contributed by atoms with Crippen LogP contribution in [0.3, 0.4) is 0 Å². The molecule has 186 valence electrons. The maximum absolute atomic E-state index is 14.9. The van der Waals surface area contributed by atoms with Gasteiger partial charge in [-0.25, -0.2) is 12.8 Å². The molecule has 35 heavy (non-hydrogen) atoms. The van der Waals surface area contributed by atoms with Gasteiger partial charge in [0.1, 0.15) is 16.8 Å². The summed E-state index contributed by atoms with van der Waals surface area (Å²) in [5, 5.41) is 13.5. The summed E-state index contributed by atoms with van der Waals surface area (Å²) in [6.45, 7) is 0. The lowest BCUT2D eigenvalue weighted by molar-refractivity contribution is -0.138. The third-order valence-electron chi connectivity index (χ3n) is 5.89. The number of hydrogen-bond donors (Lipinski definition) is 2. The number of sulfonamides is 1. The smallest absolute Gasteiger partial charge is 0.322 e. The highest BCUT2D eigenvalue weighted by molar-refractivity contribution is 7.89. The molecule has 0 amide bonds. The Kier molecular flexibility index (Phi) is 7.75. The van der Waals surface area contributed by atoms with E-state index in [-0.39, 0.29) is 44.2 Å². The zero-order valence-electron chi connectivity index (χ0n) is 18.4. The van der Waals surface area contributed by atoms with Gasteiger partial charge in [-0.3, -0.25) is 4.79 Å². The number of carboxylic acids is 1. The molecular weight excluding hydrogens is 520 g/mol. The number of hydrogen-bond acceptors (Lipinski definition) is 6. The van der Waals surface area contributed by atoms with Gasteiger partial charge in [-0.1, -0.05) is 53.7 Å². The number of halogens is 3. The molecule has 1 fully saturated rings. The maximum Gasteiger partial charge on any atom is 0.322 e. The third-order valence-corrected chi connectivity index (χ3v) is 8.08. The second kappa shape index (κ2) is 10.6. The van der Waals surface area contributed by atoms with Crippen molar-refractivity contribution in [3.63, 3.8) is 0 Å². The number of carboxylic acid groups (broad SMARTS) is 1.